The van der Waals surface area contributed by atoms with E-state index in [9.17, 15) is 31.4 Å². The first-order valence-corrected chi connectivity index (χ1v) is 11.1. The quantitative estimate of drug-likeness (QED) is 0.526. The fraction of sp³-hybridized carbons (Fsp3) is 0.591. The molecule has 0 spiro atoms. The minimum absolute atomic E-state index is 0.0141. The average molecular weight is 481 g/mol. The lowest BCUT2D eigenvalue weighted by Gasteiger charge is -2.47. The Morgan fingerprint density at radius 3 is 2.25 bits per heavy atom. The summed E-state index contributed by atoms with van der Waals surface area (Å²) in [6.07, 6.45) is -11.0. The number of aryl methyl sites for hydroxylation is 2. The predicted octanol–water partition coefficient (Wildman–Crippen LogP) is 5.87. The van der Waals surface area contributed by atoms with Crippen LogP contribution in [-0.2, 0) is 12.0 Å². The molecule has 1 aliphatic rings. The number of pyridine rings is 1. The Labute approximate surface area is 187 Å². The fourth-order valence-corrected chi connectivity index (χ4v) is 5.33. The lowest BCUT2D eigenvalue weighted by atomic mass is 9.66. The third-order valence-corrected chi connectivity index (χ3v) is 7.72. The lowest BCUT2D eigenvalue weighted by Crippen LogP contribution is -2.68. The monoisotopic (exact) mass is 480 g/mol. The van der Waals surface area contributed by atoms with Crippen LogP contribution >= 0.6 is 11.3 Å². The largest absolute Gasteiger partial charge is 0.426 e. The number of nitrogens with zero attached hydrogens (tertiary/aromatic N) is 2. The standard InChI is InChI=1S/C22H26F6N2OS/c1-15-6-7-16(13-29-15)18(2,3)30-11-10-19(14-30,9-8-17-5-4-12-32-17)20(31,21(23,24)25)22(26,27)28/h4-7,12-13,31H,8-11,14H2,1-3H3/t19-/m1/s1. The van der Waals surface area contributed by atoms with E-state index in [1.54, 1.807) is 61.5 Å². The molecule has 2 aromatic heterocycles. The molecule has 3 heterocycles. The summed E-state index contributed by atoms with van der Waals surface area (Å²) in [5.74, 6) is 0. The molecule has 0 unspecified atom stereocenters. The van der Waals surface area contributed by atoms with E-state index < -0.39 is 48.3 Å². The molecule has 0 radical (unpaired) electrons. The van der Waals surface area contributed by atoms with Gasteiger partial charge in [-0.25, -0.2) is 0 Å². The van der Waals surface area contributed by atoms with Crippen LogP contribution in [0.4, 0.5) is 26.3 Å². The van der Waals surface area contributed by atoms with Crippen molar-refractivity contribution in [1.82, 2.24) is 9.88 Å². The Morgan fingerprint density at radius 1 is 1.09 bits per heavy atom. The summed E-state index contributed by atoms with van der Waals surface area (Å²) in [6, 6.07) is 6.89. The highest BCUT2D eigenvalue weighted by atomic mass is 32.1. The average Bonchev–Trinajstić information content (AvgIpc) is 3.35. The summed E-state index contributed by atoms with van der Waals surface area (Å²) in [4.78, 5) is 6.49. The zero-order valence-corrected chi connectivity index (χ0v) is 18.8. The number of rotatable bonds is 6. The molecular formula is C22H26F6N2OS. The molecule has 0 aromatic carbocycles. The highest BCUT2D eigenvalue weighted by Gasteiger charge is 2.79. The van der Waals surface area contributed by atoms with Gasteiger partial charge >= 0.3 is 12.4 Å². The van der Waals surface area contributed by atoms with Crippen LogP contribution in [0.15, 0.2) is 35.8 Å². The van der Waals surface area contributed by atoms with Gasteiger partial charge in [0.25, 0.3) is 5.60 Å². The first-order valence-electron chi connectivity index (χ1n) is 10.2. The lowest BCUT2D eigenvalue weighted by molar-refractivity contribution is -0.403. The van der Waals surface area contributed by atoms with Gasteiger partial charge in [0, 0.05) is 34.3 Å². The maximum atomic E-state index is 14.0. The topological polar surface area (TPSA) is 36.4 Å². The Bertz CT molecular complexity index is 894. The van der Waals surface area contributed by atoms with Gasteiger partial charge in [-0.15, -0.1) is 11.3 Å². The first-order chi connectivity index (χ1) is 14.6. The van der Waals surface area contributed by atoms with Gasteiger partial charge in [-0.2, -0.15) is 26.3 Å². The normalized spacial score (nSPS) is 21.3. The van der Waals surface area contributed by atoms with Crippen molar-refractivity contribution in [2.24, 2.45) is 5.41 Å². The molecule has 0 bridgehead atoms. The van der Waals surface area contributed by atoms with Crippen molar-refractivity contribution in [2.45, 2.75) is 63.5 Å². The highest BCUT2D eigenvalue weighted by Crippen LogP contribution is 2.59. The van der Waals surface area contributed by atoms with E-state index in [1.807, 2.05) is 0 Å². The van der Waals surface area contributed by atoms with Crippen molar-refractivity contribution in [1.29, 1.82) is 0 Å². The minimum atomic E-state index is -5.87. The predicted molar refractivity (Wildman–Crippen MR) is 110 cm³/mol. The van der Waals surface area contributed by atoms with Crippen LogP contribution in [0, 0.1) is 12.3 Å². The molecule has 0 saturated carbocycles. The Kier molecular flexibility index (Phi) is 6.47. The van der Waals surface area contributed by atoms with Crippen LogP contribution < -0.4 is 0 Å². The van der Waals surface area contributed by atoms with Gasteiger partial charge in [0.05, 0.1) is 0 Å². The van der Waals surface area contributed by atoms with Gasteiger partial charge in [-0.05, 0) is 69.7 Å². The zero-order chi connectivity index (χ0) is 24.0. The van der Waals surface area contributed by atoms with E-state index in [-0.39, 0.29) is 13.0 Å². The summed E-state index contributed by atoms with van der Waals surface area (Å²) in [5, 5.41) is 12.2. The molecular weight excluding hydrogens is 454 g/mol. The van der Waals surface area contributed by atoms with Gasteiger partial charge < -0.3 is 5.11 Å². The smallest absolute Gasteiger partial charge is 0.373 e. The summed E-state index contributed by atoms with van der Waals surface area (Å²) in [7, 11) is 0. The molecule has 1 atom stereocenters. The summed E-state index contributed by atoms with van der Waals surface area (Å²) < 4.78 is 83.7. The molecule has 1 aliphatic heterocycles. The van der Waals surface area contributed by atoms with Crippen LogP contribution in [0.25, 0.3) is 0 Å². The van der Waals surface area contributed by atoms with Crippen LogP contribution in [-0.4, -0.2) is 46.0 Å². The number of aliphatic hydroxyl groups is 1. The van der Waals surface area contributed by atoms with E-state index in [0.717, 1.165) is 5.69 Å². The van der Waals surface area contributed by atoms with Crippen LogP contribution in [0.3, 0.4) is 0 Å². The minimum Gasteiger partial charge on any atom is -0.373 e. The number of hydrogen-bond donors (Lipinski definition) is 1. The van der Waals surface area contributed by atoms with Crippen molar-refractivity contribution in [2.75, 3.05) is 13.1 Å². The molecule has 1 saturated heterocycles. The van der Waals surface area contributed by atoms with E-state index >= 15 is 0 Å². The number of thiophene rings is 1. The molecule has 1 N–H and O–H groups in total. The molecule has 1 fully saturated rings. The SMILES string of the molecule is Cc1ccc(C(C)(C)N2CC[C@@](CCc3cccs3)(C(O)(C(F)(F)F)C(F)(F)F)C2)cn1. The molecule has 2 aromatic rings. The van der Waals surface area contributed by atoms with Gasteiger partial charge in [0.1, 0.15) is 0 Å². The zero-order valence-electron chi connectivity index (χ0n) is 18.0. The van der Waals surface area contributed by atoms with Crippen molar-refractivity contribution in [3.63, 3.8) is 0 Å². The molecule has 0 amide bonds. The van der Waals surface area contributed by atoms with Gasteiger partial charge in [0.2, 0.25) is 0 Å². The summed E-state index contributed by atoms with van der Waals surface area (Å²) >= 11 is 1.27. The Balaban J connectivity index is 2.03. The van der Waals surface area contributed by atoms with E-state index in [1.165, 1.54) is 11.3 Å². The first kappa shape index (κ1) is 25.0. The molecule has 3 rings (SSSR count). The fourth-order valence-electron chi connectivity index (χ4n) is 4.62. The number of aromatic nitrogens is 1. The second kappa shape index (κ2) is 8.29. The molecule has 10 heteroatoms. The van der Waals surface area contributed by atoms with Crippen molar-refractivity contribution in [3.8, 4) is 0 Å². The van der Waals surface area contributed by atoms with E-state index in [0.29, 0.717) is 10.4 Å². The van der Waals surface area contributed by atoms with Crippen LogP contribution in [0.5, 0.6) is 0 Å². The summed E-state index contributed by atoms with van der Waals surface area (Å²) in [6.45, 7) is 4.72. The molecule has 178 valence electrons. The van der Waals surface area contributed by atoms with Crippen molar-refractivity contribution in [3.05, 3.63) is 52.0 Å². The molecule has 32 heavy (non-hydrogen) atoms. The highest BCUT2D eigenvalue weighted by molar-refractivity contribution is 7.09. The number of halogens is 6. The Morgan fingerprint density at radius 2 is 1.75 bits per heavy atom. The van der Waals surface area contributed by atoms with Crippen molar-refractivity contribution < 1.29 is 31.4 Å². The van der Waals surface area contributed by atoms with Crippen LogP contribution in [0.2, 0.25) is 0 Å². The van der Waals surface area contributed by atoms with Gasteiger partial charge in [-0.1, -0.05) is 12.1 Å². The van der Waals surface area contributed by atoms with E-state index in [4.69, 9.17) is 0 Å². The van der Waals surface area contributed by atoms with Gasteiger partial charge in [0.15, 0.2) is 0 Å². The number of alkyl halides is 6. The molecule has 3 nitrogen and oxygen atoms in total. The number of likely N-dealkylation sites (tertiary alicyclic amines) is 1. The third kappa shape index (κ3) is 4.17. The maximum Gasteiger partial charge on any atom is 0.426 e. The third-order valence-electron chi connectivity index (χ3n) is 6.78. The Hall–Kier alpha value is -1.65. The second-order valence-electron chi connectivity index (χ2n) is 8.98. The maximum absolute atomic E-state index is 14.0. The number of hydrogen-bond acceptors (Lipinski definition) is 4. The summed E-state index contributed by atoms with van der Waals surface area (Å²) in [5.41, 5.74) is -6.70. The van der Waals surface area contributed by atoms with E-state index in [2.05, 4.69) is 4.98 Å². The second-order valence-corrected chi connectivity index (χ2v) is 10.0. The van der Waals surface area contributed by atoms with Crippen LogP contribution in [0.1, 0.15) is 42.8 Å². The van der Waals surface area contributed by atoms with Gasteiger partial charge in [-0.3, -0.25) is 9.88 Å². The van der Waals surface area contributed by atoms with Crippen molar-refractivity contribution >= 4 is 11.3 Å². The molecule has 0 aliphatic carbocycles.